The molecule has 21 heavy (non-hydrogen) atoms. The van der Waals surface area contributed by atoms with E-state index in [1.165, 1.54) is 17.4 Å². The van der Waals surface area contributed by atoms with E-state index in [9.17, 15) is 10.1 Å². The van der Waals surface area contributed by atoms with Crippen LogP contribution < -0.4 is 5.32 Å². The van der Waals surface area contributed by atoms with Gasteiger partial charge in [0, 0.05) is 6.07 Å². The number of anilines is 1. The molecule has 1 aromatic heterocycles. The maximum Gasteiger partial charge on any atom is 0.288 e. The summed E-state index contributed by atoms with van der Waals surface area (Å²) in [6.07, 6.45) is 0. The lowest BCUT2D eigenvalue weighted by atomic mass is 10.1. The summed E-state index contributed by atoms with van der Waals surface area (Å²) in [6, 6.07) is 15.0. The second kappa shape index (κ2) is 5.49. The molecule has 0 aliphatic carbocycles. The number of thiazole rings is 1. The molecule has 1 unspecified atom stereocenters. The molecule has 1 atom stereocenters. The van der Waals surface area contributed by atoms with Crippen LogP contribution in [0.2, 0.25) is 0 Å². The molecule has 0 aliphatic heterocycles. The number of nitrogens with one attached hydrogen (secondary N) is 1. The molecule has 3 aromatic rings. The molecule has 0 fully saturated rings. The SMILES string of the molecule is CC(Nc1nc2cccc([N+](=O)[O-])c2s1)c1ccccc1. The lowest BCUT2D eigenvalue weighted by Gasteiger charge is -2.12. The van der Waals surface area contributed by atoms with E-state index in [4.69, 9.17) is 0 Å². The molecular weight excluding hydrogens is 286 g/mol. The lowest BCUT2D eigenvalue weighted by molar-refractivity contribution is -0.382. The Hall–Kier alpha value is -2.47. The molecule has 106 valence electrons. The fraction of sp³-hybridized carbons (Fsp3) is 0.133. The maximum absolute atomic E-state index is 11.0. The molecule has 6 heteroatoms. The van der Waals surface area contributed by atoms with Gasteiger partial charge in [-0.05, 0) is 18.6 Å². The van der Waals surface area contributed by atoms with Gasteiger partial charge in [0.05, 0.1) is 16.5 Å². The number of fused-ring (bicyclic) bond motifs is 1. The molecule has 0 saturated heterocycles. The highest BCUT2D eigenvalue weighted by Crippen LogP contribution is 2.34. The first-order valence-electron chi connectivity index (χ1n) is 6.50. The second-order valence-corrected chi connectivity index (χ2v) is 5.68. The highest BCUT2D eigenvalue weighted by atomic mass is 32.1. The number of benzene rings is 2. The zero-order chi connectivity index (χ0) is 14.8. The number of nitrogens with zero attached hydrogens (tertiary/aromatic N) is 2. The molecule has 0 aliphatic rings. The third-order valence-electron chi connectivity index (χ3n) is 3.23. The fourth-order valence-electron chi connectivity index (χ4n) is 2.15. The molecule has 0 radical (unpaired) electrons. The quantitative estimate of drug-likeness (QED) is 0.573. The highest BCUT2D eigenvalue weighted by molar-refractivity contribution is 7.22. The molecule has 0 amide bonds. The maximum atomic E-state index is 11.0. The van der Waals surface area contributed by atoms with Gasteiger partial charge in [0.1, 0.15) is 4.70 Å². The number of hydrogen-bond acceptors (Lipinski definition) is 5. The van der Waals surface area contributed by atoms with Crippen LogP contribution in [0.3, 0.4) is 0 Å². The molecule has 0 bridgehead atoms. The Morgan fingerprint density at radius 3 is 2.67 bits per heavy atom. The first-order valence-corrected chi connectivity index (χ1v) is 7.32. The Morgan fingerprint density at radius 2 is 1.95 bits per heavy atom. The number of nitro groups is 1. The minimum absolute atomic E-state index is 0.0887. The van der Waals surface area contributed by atoms with E-state index in [0.29, 0.717) is 15.3 Å². The van der Waals surface area contributed by atoms with Crippen LogP contribution in [0.5, 0.6) is 0 Å². The molecule has 0 spiro atoms. The smallest absolute Gasteiger partial charge is 0.288 e. The van der Waals surface area contributed by atoms with Gasteiger partial charge in [-0.2, -0.15) is 0 Å². The van der Waals surface area contributed by atoms with Crippen molar-refractivity contribution >= 4 is 32.4 Å². The zero-order valence-electron chi connectivity index (χ0n) is 11.3. The van der Waals surface area contributed by atoms with E-state index in [-0.39, 0.29) is 16.7 Å². The summed E-state index contributed by atoms with van der Waals surface area (Å²) in [6.45, 7) is 2.04. The number of non-ortho nitro benzene ring substituents is 1. The molecule has 5 nitrogen and oxygen atoms in total. The van der Waals surface area contributed by atoms with Crippen molar-refractivity contribution in [1.82, 2.24) is 4.98 Å². The van der Waals surface area contributed by atoms with Crippen LogP contribution in [0.25, 0.3) is 10.2 Å². The Bertz CT molecular complexity index is 786. The average Bonchev–Trinajstić information content (AvgIpc) is 2.89. The largest absolute Gasteiger partial charge is 0.355 e. The van der Waals surface area contributed by atoms with Crippen LogP contribution >= 0.6 is 11.3 Å². The third-order valence-corrected chi connectivity index (χ3v) is 4.26. The first-order chi connectivity index (χ1) is 10.1. The van der Waals surface area contributed by atoms with Gasteiger partial charge in [0.25, 0.3) is 5.69 Å². The predicted molar refractivity (Wildman–Crippen MR) is 84.8 cm³/mol. The molecule has 0 saturated carbocycles. The summed E-state index contributed by atoms with van der Waals surface area (Å²) in [5.74, 6) is 0. The Labute approximate surface area is 125 Å². The summed E-state index contributed by atoms with van der Waals surface area (Å²) in [5.41, 5.74) is 1.90. The van der Waals surface area contributed by atoms with Gasteiger partial charge in [0.2, 0.25) is 0 Å². The Balaban J connectivity index is 1.92. The summed E-state index contributed by atoms with van der Waals surface area (Å²) in [7, 11) is 0. The van der Waals surface area contributed by atoms with Crippen molar-refractivity contribution in [1.29, 1.82) is 0 Å². The Kier molecular flexibility index (Phi) is 3.53. The summed E-state index contributed by atoms with van der Waals surface area (Å²) < 4.78 is 0.602. The average molecular weight is 299 g/mol. The van der Waals surface area contributed by atoms with Crippen LogP contribution in [-0.2, 0) is 0 Å². The van der Waals surface area contributed by atoms with Crippen molar-refractivity contribution in [2.24, 2.45) is 0 Å². The predicted octanol–water partition coefficient (Wildman–Crippen LogP) is 4.38. The number of nitro benzene ring substituents is 1. The van der Waals surface area contributed by atoms with Gasteiger partial charge in [0.15, 0.2) is 5.13 Å². The summed E-state index contributed by atoms with van der Waals surface area (Å²) in [4.78, 5) is 15.1. The van der Waals surface area contributed by atoms with E-state index in [2.05, 4.69) is 10.3 Å². The molecule has 1 heterocycles. The van der Waals surface area contributed by atoms with Crippen molar-refractivity contribution in [2.45, 2.75) is 13.0 Å². The summed E-state index contributed by atoms with van der Waals surface area (Å²) in [5, 5.41) is 15.0. The van der Waals surface area contributed by atoms with Gasteiger partial charge >= 0.3 is 0 Å². The van der Waals surface area contributed by atoms with Crippen LogP contribution in [-0.4, -0.2) is 9.91 Å². The van der Waals surface area contributed by atoms with Crippen LogP contribution in [0.4, 0.5) is 10.8 Å². The monoisotopic (exact) mass is 299 g/mol. The van der Waals surface area contributed by atoms with Crippen molar-refractivity contribution in [3.8, 4) is 0 Å². The van der Waals surface area contributed by atoms with Gasteiger partial charge in [-0.25, -0.2) is 4.98 Å². The van der Waals surface area contributed by atoms with E-state index >= 15 is 0 Å². The van der Waals surface area contributed by atoms with Gasteiger partial charge in [-0.1, -0.05) is 47.7 Å². The van der Waals surface area contributed by atoms with Crippen molar-refractivity contribution in [3.05, 3.63) is 64.2 Å². The third kappa shape index (κ3) is 2.71. The van der Waals surface area contributed by atoms with E-state index < -0.39 is 0 Å². The van der Waals surface area contributed by atoms with Crippen molar-refractivity contribution in [3.63, 3.8) is 0 Å². The minimum Gasteiger partial charge on any atom is -0.355 e. The highest BCUT2D eigenvalue weighted by Gasteiger charge is 2.16. The van der Waals surface area contributed by atoms with Gasteiger partial charge in [-0.3, -0.25) is 10.1 Å². The topological polar surface area (TPSA) is 68.1 Å². The molecular formula is C15H13N3O2S. The standard InChI is InChI=1S/C15H13N3O2S/c1-10(11-6-3-2-4-7-11)16-15-17-12-8-5-9-13(18(19)20)14(12)21-15/h2-10H,1H3,(H,16,17). The lowest BCUT2D eigenvalue weighted by Crippen LogP contribution is -2.05. The number of hydrogen-bond donors (Lipinski definition) is 1. The molecule has 2 aromatic carbocycles. The fourth-order valence-corrected chi connectivity index (χ4v) is 3.19. The zero-order valence-corrected chi connectivity index (χ0v) is 12.1. The first kappa shape index (κ1) is 13.5. The van der Waals surface area contributed by atoms with Gasteiger partial charge in [-0.15, -0.1) is 0 Å². The van der Waals surface area contributed by atoms with E-state index in [0.717, 1.165) is 5.56 Å². The van der Waals surface area contributed by atoms with Gasteiger partial charge < -0.3 is 5.32 Å². The van der Waals surface area contributed by atoms with Crippen LogP contribution in [0.1, 0.15) is 18.5 Å². The molecule has 3 rings (SSSR count). The molecule has 1 N–H and O–H groups in total. The number of rotatable bonds is 4. The van der Waals surface area contributed by atoms with Crippen molar-refractivity contribution in [2.75, 3.05) is 5.32 Å². The second-order valence-electron chi connectivity index (χ2n) is 4.68. The minimum atomic E-state index is -0.370. The van der Waals surface area contributed by atoms with Crippen LogP contribution in [0.15, 0.2) is 48.5 Å². The van der Waals surface area contributed by atoms with E-state index in [1.807, 2.05) is 37.3 Å². The summed E-state index contributed by atoms with van der Waals surface area (Å²) >= 11 is 1.31. The van der Waals surface area contributed by atoms with Crippen molar-refractivity contribution < 1.29 is 4.92 Å². The normalized spacial score (nSPS) is 12.2. The van der Waals surface area contributed by atoms with Crippen LogP contribution in [0, 0.1) is 10.1 Å². The number of aromatic nitrogens is 1. The van der Waals surface area contributed by atoms with E-state index in [1.54, 1.807) is 12.1 Å². The Morgan fingerprint density at radius 1 is 1.19 bits per heavy atom.